The zero-order valence-corrected chi connectivity index (χ0v) is 13.8. The maximum atomic E-state index is 12.1. The molecule has 3 atom stereocenters. The maximum absolute atomic E-state index is 12.1. The second kappa shape index (κ2) is 5.47. The van der Waals surface area contributed by atoms with Crippen LogP contribution in [0.4, 0.5) is 0 Å². The van der Waals surface area contributed by atoms with Gasteiger partial charge in [-0.3, -0.25) is 9.59 Å². The van der Waals surface area contributed by atoms with Gasteiger partial charge < -0.3 is 14.5 Å². The lowest BCUT2D eigenvalue weighted by Gasteiger charge is -2.47. The van der Waals surface area contributed by atoms with Gasteiger partial charge in [0.05, 0.1) is 10.9 Å². The van der Waals surface area contributed by atoms with Crippen molar-refractivity contribution in [3.63, 3.8) is 0 Å². The van der Waals surface area contributed by atoms with Crippen LogP contribution in [0, 0.1) is 11.8 Å². The van der Waals surface area contributed by atoms with Crippen LogP contribution in [-0.4, -0.2) is 72.0 Å². The van der Waals surface area contributed by atoms with E-state index in [0.717, 1.165) is 31.7 Å². The Bertz CT molecular complexity index is 448. The van der Waals surface area contributed by atoms with Crippen LogP contribution in [0.25, 0.3) is 0 Å². The first-order valence-electron chi connectivity index (χ1n) is 7.65. The number of thioether (sulfide) groups is 1. The maximum Gasteiger partial charge on any atom is 0.248 e. The third-order valence-electron chi connectivity index (χ3n) is 4.81. The quantitative estimate of drug-likeness (QED) is 0.772. The van der Waals surface area contributed by atoms with Gasteiger partial charge in [0.15, 0.2) is 0 Å². The number of rotatable bonds is 4. The highest BCUT2D eigenvalue weighted by Crippen LogP contribution is 2.48. The number of amides is 2. The average molecular weight is 312 g/mol. The first kappa shape index (κ1) is 15.2. The fourth-order valence-electron chi connectivity index (χ4n) is 3.15. The highest BCUT2D eigenvalue weighted by atomic mass is 32.2. The lowest BCUT2D eigenvalue weighted by Crippen LogP contribution is -2.61. The molecule has 0 aromatic carbocycles. The van der Waals surface area contributed by atoms with Crippen LogP contribution in [0.1, 0.15) is 19.8 Å². The molecule has 0 radical (unpaired) electrons. The molecule has 2 aliphatic heterocycles. The first-order valence-corrected chi connectivity index (χ1v) is 8.63. The number of carbonyl (C=O) groups is 2. The van der Waals surface area contributed by atoms with Crippen LogP contribution in [0.3, 0.4) is 0 Å². The summed E-state index contributed by atoms with van der Waals surface area (Å²) >= 11 is 1.91. The largest absolute Gasteiger partial charge is 0.367 e. The van der Waals surface area contributed by atoms with Gasteiger partial charge in [0.2, 0.25) is 11.8 Å². The van der Waals surface area contributed by atoms with Crippen molar-refractivity contribution in [1.29, 1.82) is 0 Å². The summed E-state index contributed by atoms with van der Waals surface area (Å²) in [7, 11) is 3.48. The molecule has 118 valence electrons. The summed E-state index contributed by atoms with van der Waals surface area (Å²) in [5.41, 5.74) is 0. The molecule has 0 bridgehead atoms. The van der Waals surface area contributed by atoms with E-state index in [9.17, 15) is 9.59 Å². The number of hydrogen-bond donors (Lipinski definition) is 0. The van der Waals surface area contributed by atoms with Gasteiger partial charge in [-0.1, -0.05) is 6.92 Å². The Morgan fingerprint density at radius 2 is 2.05 bits per heavy atom. The lowest BCUT2D eigenvalue weighted by molar-refractivity contribution is -0.138. The zero-order valence-electron chi connectivity index (χ0n) is 13.0. The molecule has 3 rings (SSSR count). The van der Waals surface area contributed by atoms with Gasteiger partial charge in [-0.25, -0.2) is 0 Å². The van der Waals surface area contributed by atoms with Crippen molar-refractivity contribution in [2.24, 2.45) is 11.8 Å². The smallest absolute Gasteiger partial charge is 0.248 e. The van der Waals surface area contributed by atoms with Gasteiger partial charge in [0, 0.05) is 38.9 Å². The van der Waals surface area contributed by atoms with Crippen LogP contribution in [0.5, 0.6) is 0 Å². The average Bonchev–Trinajstić information content (AvgIpc) is 2.98. The summed E-state index contributed by atoms with van der Waals surface area (Å²) in [6, 6.07) is 0. The van der Waals surface area contributed by atoms with E-state index in [0.29, 0.717) is 17.7 Å². The van der Waals surface area contributed by atoms with Gasteiger partial charge in [0.1, 0.15) is 6.61 Å². The minimum atomic E-state index is 0.00841. The van der Waals surface area contributed by atoms with Crippen LogP contribution in [-0.2, 0) is 14.3 Å². The molecule has 0 unspecified atom stereocenters. The van der Waals surface area contributed by atoms with Crippen molar-refractivity contribution in [3.8, 4) is 0 Å². The number of nitrogens with zero attached hydrogens (tertiary/aromatic N) is 2. The number of ether oxygens (including phenoxy) is 1. The molecule has 1 aliphatic carbocycles. The number of likely N-dealkylation sites (N-methyl/N-ethyl adjacent to an activating group) is 1. The van der Waals surface area contributed by atoms with Gasteiger partial charge >= 0.3 is 0 Å². The van der Waals surface area contributed by atoms with E-state index in [1.165, 1.54) is 0 Å². The van der Waals surface area contributed by atoms with E-state index in [-0.39, 0.29) is 23.4 Å². The van der Waals surface area contributed by atoms with Gasteiger partial charge in [0.25, 0.3) is 0 Å². The molecule has 0 N–H and O–H groups in total. The molecule has 2 saturated heterocycles. The van der Waals surface area contributed by atoms with Crippen LogP contribution in [0.15, 0.2) is 0 Å². The fraction of sp³-hybridized carbons (Fsp3) is 0.867. The zero-order chi connectivity index (χ0) is 15.2. The highest BCUT2D eigenvalue weighted by Gasteiger charge is 2.53. The van der Waals surface area contributed by atoms with Gasteiger partial charge in [-0.05, 0) is 18.8 Å². The third-order valence-corrected chi connectivity index (χ3v) is 6.39. The van der Waals surface area contributed by atoms with E-state index in [4.69, 9.17) is 4.74 Å². The molecule has 5 nitrogen and oxygen atoms in total. The minimum Gasteiger partial charge on any atom is -0.367 e. The molecule has 0 aromatic heterocycles. The molecule has 3 aliphatic rings. The SMILES string of the molecule is C[C@@H]1C[C@H]1C(=O)N1CC2(C[C@@H](OCC(=O)N(C)C)CS2)C1. The molecule has 2 amide bonds. The Labute approximate surface area is 130 Å². The number of carbonyl (C=O) groups excluding carboxylic acids is 2. The summed E-state index contributed by atoms with van der Waals surface area (Å²) in [4.78, 5) is 27.2. The van der Waals surface area contributed by atoms with Crippen molar-refractivity contribution in [2.75, 3.05) is 39.5 Å². The van der Waals surface area contributed by atoms with Crippen molar-refractivity contribution >= 4 is 23.6 Å². The minimum absolute atomic E-state index is 0.00841. The van der Waals surface area contributed by atoms with Gasteiger partial charge in [-0.15, -0.1) is 11.8 Å². The number of hydrogen-bond acceptors (Lipinski definition) is 4. The fourth-order valence-corrected chi connectivity index (χ4v) is 4.71. The van der Waals surface area contributed by atoms with E-state index < -0.39 is 0 Å². The third kappa shape index (κ3) is 3.06. The molecule has 2 heterocycles. The Morgan fingerprint density at radius 1 is 1.38 bits per heavy atom. The van der Waals surface area contributed by atoms with Crippen molar-refractivity contribution in [2.45, 2.75) is 30.6 Å². The van der Waals surface area contributed by atoms with Crippen molar-refractivity contribution in [1.82, 2.24) is 9.80 Å². The second-order valence-corrected chi connectivity index (χ2v) is 8.42. The Kier molecular flexibility index (Phi) is 3.94. The molecular formula is C15H24N2O3S. The van der Waals surface area contributed by atoms with E-state index >= 15 is 0 Å². The predicted octanol–water partition coefficient (Wildman–Crippen LogP) is 0.834. The Hall–Kier alpha value is -0.750. The summed E-state index contributed by atoms with van der Waals surface area (Å²) in [6.07, 6.45) is 2.17. The molecular weight excluding hydrogens is 288 g/mol. The van der Waals surface area contributed by atoms with Gasteiger partial charge in [-0.2, -0.15) is 0 Å². The molecule has 21 heavy (non-hydrogen) atoms. The summed E-state index contributed by atoms with van der Waals surface area (Å²) in [6.45, 7) is 4.03. The summed E-state index contributed by atoms with van der Waals surface area (Å²) in [5, 5.41) is 0. The molecule has 1 spiro atoms. The number of likely N-dealkylation sites (tertiary alicyclic amines) is 1. The topological polar surface area (TPSA) is 49.9 Å². The summed E-state index contributed by atoms with van der Waals surface area (Å²) < 4.78 is 5.91. The molecule has 6 heteroatoms. The monoisotopic (exact) mass is 312 g/mol. The standard InChI is InChI=1S/C15H24N2O3S/c1-10-4-12(10)14(19)17-8-15(9-17)5-11(7-21-15)20-6-13(18)16(2)3/h10-12H,4-9H2,1-3H3/t10-,11-,12-/m1/s1. The second-order valence-electron chi connectivity index (χ2n) is 6.93. The van der Waals surface area contributed by atoms with Crippen molar-refractivity contribution < 1.29 is 14.3 Å². The predicted molar refractivity (Wildman–Crippen MR) is 82.1 cm³/mol. The van der Waals surface area contributed by atoms with Crippen molar-refractivity contribution in [3.05, 3.63) is 0 Å². The summed E-state index contributed by atoms with van der Waals surface area (Å²) in [5.74, 6) is 2.16. The molecule has 0 aromatic rings. The normalized spacial score (nSPS) is 32.9. The molecule has 1 saturated carbocycles. The van der Waals surface area contributed by atoms with Crippen LogP contribution < -0.4 is 0 Å². The van der Waals surface area contributed by atoms with E-state index in [2.05, 4.69) is 6.92 Å². The molecule has 3 fully saturated rings. The van der Waals surface area contributed by atoms with E-state index in [1.807, 2.05) is 16.7 Å². The van der Waals surface area contributed by atoms with E-state index in [1.54, 1.807) is 19.0 Å². The van der Waals surface area contributed by atoms with Crippen LogP contribution in [0.2, 0.25) is 0 Å². The first-order chi connectivity index (χ1) is 9.90. The lowest BCUT2D eigenvalue weighted by atomic mass is 9.92. The van der Waals surface area contributed by atoms with Crippen LogP contribution >= 0.6 is 11.8 Å². The Morgan fingerprint density at radius 3 is 2.62 bits per heavy atom. The Balaban J connectivity index is 1.41. The highest BCUT2D eigenvalue weighted by molar-refractivity contribution is 8.01.